The Labute approximate surface area is 280 Å². The predicted molar refractivity (Wildman–Crippen MR) is 201 cm³/mol. The lowest BCUT2D eigenvalue weighted by atomic mass is 9.81. The van der Waals surface area contributed by atoms with Gasteiger partial charge in [0.1, 0.15) is 11.2 Å². The van der Waals surface area contributed by atoms with Crippen LogP contribution in [0, 0.1) is 0 Å². The second kappa shape index (κ2) is 11.9. The summed E-state index contributed by atoms with van der Waals surface area (Å²) in [6, 6.07) is 67.8. The van der Waals surface area contributed by atoms with Crippen molar-refractivity contribution in [1.29, 1.82) is 0 Å². The number of hydrogen-bond donors (Lipinski definition) is 0. The van der Waals surface area contributed by atoms with Crippen LogP contribution in [0.25, 0.3) is 66.1 Å². The molecule has 1 heteroatoms. The van der Waals surface area contributed by atoms with Crippen molar-refractivity contribution in [2.24, 2.45) is 0 Å². The van der Waals surface area contributed by atoms with E-state index in [1.165, 1.54) is 49.7 Å². The number of fused-ring (bicyclic) bond motifs is 4. The van der Waals surface area contributed by atoms with Crippen molar-refractivity contribution in [2.45, 2.75) is 5.92 Å². The van der Waals surface area contributed by atoms with Crippen LogP contribution in [0.4, 0.5) is 0 Å². The Morgan fingerprint density at radius 2 is 0.958 bits per heavy atom. The van der Waals surface area contributed by atoms with Crippen molar-refractivity contribution in [1.82, 2.24) is 0 Å². The Balaban J connectivity index is 1.17. The van der Waals surface area contributed by atoms with Gasteiger partial charge in [0, 0.05) is 22.3 Å². The van der Waals surface area contributed by atoms with Crippen LogP contribution in [0.15, 0.2) is 192 Å². The van der Waals surface area contributed by atoms with Crippen molar-refractivity contribution in [3.63, 3.8) is 0 Å². The third kappa shape index (κ3) is 4.98. The van der Waals surface area contributed by atoms with Gasteiger partial charge in [-0.15, -0.1) is 0 Å². The van der Waals surface area contributed by atoms with Gasteiger partial charge in [0.15, 0.2) is 0 Å². The topological polar surface area (TPSA) is 13.1 Å². The minimum atomic E-state index is 0.0376. The lowest BCUT2D eigenvalue weighted by molar-refractivity contribution is 0.670. The highest BCUT2D eigenvalue weighted by Crippen LogP contribution is 2.41. The molecule has 0 aliphatic carbocycles. The van der Waals surface area contributed by atoms with E-state index < -0.39 is 0 Å². The number of hydrogen-bond acceptors (Lipinski definition) is 1. The minimum absolute atomic E-state index is 0.0376. The summed E-state index contributed by atoms with van der Waals surface area (Å²) in [5.74, 6) is 0.0376. The number of para-hydroxylation sites is 2. The zero-order valence-corrected chi connectivity index (χ0v) is 26.4. The van der Waals surface area contributed by atoms with E-state index in [4.69, 9.17) is 4.42 Å². The fourth-order valence-electron chi connectivity index (χ4n) is 7.29. The van der Waals surface area contributed by atoms with Crippen LogP contribution >= 0.6 is 0 Å². The molecular weight excluding hydrogens is 581 g/mol. The molecule has 0 aliphatic rings. The van der Waals surface area contributed by atoms with Gasteiger partial charge in [-0.2, -0.15) is 0 Å². The molecule has 0 radical (unpaired) electrons. The van der Waals surface area contributed by atoms with Gasteiger partial charge in [0.25, 0.3) is 0 Å². The van der Waals surface area contributed by atoms with Crippen LogP contribution in [-0.4, -0.2) is 0 Å². The first-order chi connectivity index (χ1) is 23.8. The molecule has 0 fully saturated rings. The Morgan fingerprint density at radius 3 is 1.81 bits per heavy atom. The number of benzene rings is 8. The monoisotopic (exact) mass is 612 g/mol. The maximum absolute atomic E-state index is 6.46. The Hall–Kier alpha value is -6.18. The molecule has 8 aromatic carbocycles. The van der Waals surface area contributed by atoms with Crippen molar-refractivity contribution in [3.05, 3.63) is 205 Å². The molecule has 0 aliphatic heterocycles. The molecule has 0 amide bonds. The summed E-state index contributed by atoms with van der Waals surface area (Å²) >= 11 is 0. The van der Waals surface area contributed by atoms with E-state index in [0.29, 0.717) is 0 Å². The van der Waals surface area contributed by atoms with Crippen LogP contribution in [0.5, 0.6) is 0 Å². The Kier molecular flexibility index (Phi) is 6.95. The first kappa shape index (κ1) is 28.1. The van der Waals surface area contributed by atoms with E-state index in [1.54, 1.807) is 0 Å². The molecular formula is C47H32O. The Bertz CT molecular complexity index is 2550. The van der Waals surface area contributed by atoms with Gasteiger partial charge >= 0.3 is 0 Å². The van der Waals surface area contributed by atoms with E-state index in [1.807, 2.05) is 12.1 Å². The molecule has 0 saturated heterocycles. The first-order valence-electron chi connectivity index (χ1n) is 16.5. The Morgan fingerprint density at radius 1 is 0.354 bits per heavy atom. The first-order valence-corrected chi connectivity index (χ1v) is 16.5. The van der Waals surface area contributed by atoms with Gasteiger partial charge in [-0.1, -0.05) is 176 Å². The third-order valence-corrected chi connectivity index (χ3v) is 9.62. The molecule has 1 nitrogen and oxygen atoms in total. The molecule has 1 unspecified atom stereocenters. The van der Waals surface area contributed by atoms with Crippen molar-refractivity contribution in [3.8, 4) is 33.4 Å². The maximum Gasteiger partial charge on any atom is 0.143 e. The van der Waals surface area contributed by atoms with Gasteiger partial charge in [-0.25, -0.2) is 0 Å². The molecule has 0 N–H and O–H groups in total. The summed E-state index contributed by atoms with van der Waals surface area (Å²) in [6.07, 6.45) is 0. The molecule has 1 aromatic heterocycles. The number of rotatable bonds is 6. The fraction of sp³-hybridized carbons (Fsp3) is 0.0213. The summed E-state index contributed by atoms with van der Waals surface area (Å²) in [6.45, 7) is 0. The van der Waals surface area contributed by atoms with Gasteiger partial charge in [0.2, 0.25) is 0 Å². The van der Waals surface area contributed by atoms with Crippen LogP contribution in [0.1, 0.15) is 22.6 Å². The zero-order chi connectivity index (χ0) is 31.9. The lowest BCUT2D eigenvalue weighted by Crippen LogP contribution is -2.04. The van der Waals surface area contributed by atoms with Crippen molar-refractivity contribution in [2.75, 3.05) is 0 Å². The number of furan rings is 1. The van der Waals surface area contributed by atoms with Gasteiger partial charge in [-0.05, 0) is 67.4 Å². The van der Waals surface area contributed by atoms with E-state index in [-0.39, 0.29) is 5.92 Å². The quantitative estimate of drug-likeness (QED) is 0.170. The largest absolute Gasteiger partial charge is 0.455 e. The van der Waals surface area contributed by atoms with Crippen LogP contribution in [-0.2, 0) is 0 Å². The summed E-state index contributed by atoms with van der Waals surface area (Å²) in [4.78, 5) is 0. The van der Waals surface area contributed by atoms with Gasteiger partial charge in [-0.3, -0.25) is 0 Å². The molecule has 9 rings (SSSR count). The highest BCUT2D eigenvalue weighted by atomic mass is 16.3. The fourth-order valence-corrected chi connectivity index (χ4v) is 7.29. The van der Waals surface area contributed by atoms with Crippen molar-refractivity contribution < 1.29 is 4.42 Å². The molecule has 0 saturated carbocycles. The summed E-state index contributed by atoms with van der Waals surface area (Å²) in [5.41, 5.74) is 12.8. The maximum atomic E-state index is 6.46. The molecule has 0 bridgehead atoms. The summed E-state index contributed by atoms with van der Waals surface area (Å²) < 4.78 is 6.46. The molecule has 9 aromatic rings. The smallest absolute Gasteiger partial charge is 0.143 e. The van der Waals surface area contributed by atoms with E-state index in [0.717, 1.165) is 33.1 Å². The zero-order valence-electron chi connectivity index (χ0n) is 26.4. The molecule has 0 spiro atoms. The highest BCUT2D eigenvalue weighted by Gasteiger charge is 2.21. The van der Waals surface area contributed by atoms with E-state index in [2.05, 4.69) is 176 Å². The molecule has 226 valence electrons. The van der Waals surface area contributed by atoms with Crippen LogP contribution in [0.2, 0.25) is 0 Å². The van der Waals surface area contributed by atoms with Crippen LogP contribution in [0.3, 0.4) is 0 Å². The molecule has 48 heavy (non-hydrogen) atoms. The standard InChI is InChI=1S/C47H32O/c1-2-12-32(13-3-1)36-16-8-17-37(30-36)33-26-28-35(29-27-33)46(43-23-10-15-34-14-4-5-20-40(34)43)39-19-9-18-38(31-39)41-22-11-24-44-42-21-6-7-25-45(42)48-47(41)44/h1-31,46H. The third-order valence-electron chi connectivity index (χ3n) is 9.62. The van der Waals surface area contributed by atoms with Gasteiger partial charge < -0.3 is 4.42 Å². The minimum Gasteiger partial charge on any atom is -0.455 e. The molecule has 1 heterocycles. The average Bonchev–Trinajstić information content (AvgIpc) is 3.55. The van der Waals surface area contributed by atoms with E-state index in [9.17, 15) is 0 Å². The second-order valence-electron chi connectivity index (χ2n) is 12.5. The summed E-state index contributed by atoms with van der Waals surface area (Å²) in [7, 11) is 0. The summed E-state index contributed by atoms with van der Waals surface area (Å²) in [5, 5.41) is 4.81. The molecule has 1 atom stereocenters. The lowest BCUT2D eigenvalue weighted by Gasteiger charge is -2.22. The average molecular weight is 613 g/mol. The normalized spacial score (nSPS) is 12.1. The highest BCUT2D eigenvalue weighted by molar-refractivity contribution is 6.09. The van der Waals surface area contributed by atoms with Crippen LogP contribution < -0.4 is 0 Å². The SMILES string of the molecule is c1ccc(-c2cccc(-c3ccc(C(c4cccc(-c5cccc6c5oc5ccccc56)c4)c4cccc5ccccc45)cc3)c2)cc1. The second-order valence-corrected chi connectivity index (χ2v) is 12.5. The van der Waals surface area contributed by atoms with Crippen molar-refractivity contribution >= 4 is 32.7 Å². The van der Waals surface area contributed by atoms with E-state index >= 15 is 0 Å². The predicted octanol–water partition coefficient (Wildman–Crippen LogP) is 12.9. The van der Waals surface area contributed by atoms with Gasteiger partial charge in [0.05, 0.1) is 0 Å².